The first-order valence-corrected chi connectivity index (χ1v) is 6.66. The van der Waals surface area contributed by atoms with Crippen molar-refractivity contribution in [2.45, 2.75) is 13.2 Å². The lowest BCUT2D eigenvalue weighted by Gasteiger charge is -2.19. The van der Waals surface area contributed by atoms with Crippen LogP contribution in [0.25, 0.3) is 10.9 Å². The number of fused-ring (bicyclic) bond motifs is 1. The largest absolute Gasteiger partial charge is 0.487 e. The highest BCUT2D eigenvalue weighted by Crippen LogP contribution is 2.29. The number of nitrogens with zero attached hydrogens (tertiary/aromatic N) is 3. The third-order valence-electron chi connectivity index (χ3n) is 2.85. The summed E-state index contributed by atoms with van der Waals surface area (Å²) in [6.45, 7) is 2.11. The van der Waals surface area contributed by atoms with E-state index in [1.807, 2.05) is 19.1 Å². The number of aliphatic hydroxyl groups excluding tert-OH is 1. The molecular weight excluding hydrogens is 310 g/mol. The second-order valence-corrected chi connectivity index (χ2v) is 5.43. The maximum absolute atomic E-state index is 9.74. The molecule has 2 aromatic rings. The normalized spacial score (nSPS) is 12.9. The highest BCUT2D eigenvalue weighted by molar-refractivity contribution is 9.10. The van der Waals surface area contributed by atoms with Gasteiger partial charge in [0.15, 0.2) is 0 Å². The first kappa shape index (κ1) is 14.2. The van der Waals surface area contributed by atoms with Crippen LogP contribution in [-0.2, 0) is 0 Å². The van der Waals surface area contributed by atoms with E-state index in [0.717, 1.165) is 21.1 Å². The highest BCUT2D eigenvalue weighted by atomic mass is 79.9. The zero-order chi connectivity index (χ0) is 14.0. The maximum atomic E-state index is 9.74. The molecule has 19 heavy (non-hydrogen) atoms. The Balaban J connectivity index is 2.35. The molecule has 0 aliphatic rings. The van der Waals surface area contributed by atoms with E-state index in [2.05, 4.69) is 25.9 Å². The minimum atomic E-state index is -0.656. The molecule has 0 aliphatic carbocycles. The summed E-state index contributed by atoms with van der Waals surface area (Å²) in [6.07, 6.45) is 0.859. The number of rotatable bonds is 4. The molecular formula is C13H16BrN3O2. The molecule has 1 N–H and O–H groups in total. The number of ether oxygens (including phenoxy) is 1. The van der Waals surface area contributed by atoms with Crippen molar-refractivity contribution in [2.24, 2.45) is 0 Å². The van der Waals surface area contributed by atoms with Gasteiger partial charge in [0, 0.05) is 15.6 Å². The molecule has 0 saturated carbocycles. The fourth-order valence-electron chi connectivity index (χ4n) is 1.65. The lowest BCUT2D eigenvalue weighted by Crippen LogP contribution is -2.33. The summed E-state index contributed by atoms with van der Waals surface area (Å²) in [5.74, 6) is 0.635. The zero-order valence-corrected chi connectivity index (χ0v) is 12.7. The molecule has 1 heterocycles. The summed E-state index contributed by atoms with van der Waals surface area (Å²) < 4.78 is 6.56. The zero-order valence-electron chi connectivity index (χ0n) is 11.1. The van der Waals surface area contributed by atoms with Crippen LogP contribution in [0, 0.1) is 6.92 Å². The first-order chi connectivity index (χ1) is 8.99. The monoisotopic (exact) mass is 325 g/mol. The van der Waals surface area contributed by atoms with Gasteiger partial charge in [-0.25, -0.2) is 9.97 Å². The molecule has 0 radical (unpaired) electrons. The van der Waals surface area contributed by atoms with Gasteiger partial charge in [0.1, 0.15) is 30.4 Å². The second-order valence-electron chi connectivity index (χ2n) is 4.51. The lowest BCUT2D eigenvalue weighted by molar-refractivity contribution is 0.00222. The summed E-state index contributed by atoms with van der Waals surface area (Å²) in [6, 6.07) is 3.80. The smallest absolute Gasteiger partial charge is 0.147 e. The summed E-state index contributed by atoms with van der Waals surface area (Å²) in [4.78, 5) is 10.1. The molecule has 6 heteroatoms. The average Bonchev–Trinajstić information content (AvgIpc) is 2.36. The van der Waals surface area contributed by atoms with Crippen molar-refractivity contribution in [2.75, 3.05) is 20.7 Å². The Kier molecular flexibility index (Phi) is 4.34. The van der Waals surface area contributed by atoms with E-state index in [1.165, 1.54) is 6.33 Å². The van der Waals surface area contributed by atoms with Gasteiger partial charge in [0.05, 0.1) is 0 Å². The fraction of sp³-hybridized carbons (Fsp3) is 0.385. The summed E-state index contributed by atoms with van der Waals surface area (Å²) in [5, 5.41) is 10.7. The molecule has 5 nitrogen and oxygen atoms in total. The number of hydrogen-bond donors (Lipinski definition) is 1. The Hall–Kier alpha value is -1.24. The van der Waals surface area contributed by atoms with Crippen molar-refractivity contribution in [1.29, 1.82) is 0 Å². The standard InChI is InChI=1S/C13H16BrN3O2/c1-8-10-4-9(14)5-11(13(10)16-7-15-8)19-6-12(18)17(2)3/h4-5,7,12,18H,6H2,1-3H3. The Bertz CT molecular complexity index is 589. The summed E-state index contributed by atoms with van der Waals surface area (Å²) >= 11 is 3.44. The second kappa shape index (κ2) is 5.81. The number of aromatic nitrogens is 2. The topological polar surface area (TPSA) is 58.5 Å². The van der Waals surface area contributed by atoms with Crippen LogP contribution in [0.4, 0.5) is 0 Å². The van der Waals surface area contributed by atoms with Crippen molar-refractivity contribution in [1.82, 2.24) is 14.9 Å². The number of aryl methyl sites for hydroxylation is 1. The van der Waals surface area contributed by atoms with Gasteiger partial charge >= 0.3 is 0 Å². The number of aliphatic hydroxyl groups is 1. The Morgan fingerprint density at radius 3 is 2.79 bits per heavy atom. The van der Waals surface area contributed by atoms with Crippen LogP contribution in [0.1, 0.15) is 5.69 Å². The molecule has 1 aromatic heterocycles. The molecule has 0 fully saturated rings. The summed E-state index contributed by atoms with van der Waals surface area (Å²) in [7, 11) is 3.58. The van der Waals surface area contributed by atoms with E-state index in [4.69, 9.17) is 4.74 Å². The molecule has 0 aliphatic heterocycles. The van der Waals surface area contributed by atoms with Crippen molar-refractivity contribution < 1.29 is 9.84 Å². The van der Waals surface area contributed by atoms with Gasteiger partial charge in [-0.1, -0.05) is 15.9 Å². The van der Waals surface area contributed by atoms with E-state index in [-0.39, 0.29) is 6.61 Å². The van der Waals surface area contributed by atoms with Crippen molar-refractivity contribution in [3.8, 4) is 5.75 Å². The molecule has 0 amide bonds. The SMILES string of the molecule is Cc1ncnc2c(OCC(O)N(C)C)cc(Br)cc12. The maximum Gasteiger partial charge on any atom is 0.147 e. The van der Waals surface area contributed by atoms with Crippen LogP contribution < -0.4 is 4.74 Å². The quantitative estimate of drug-likeness (QED) is 0.871. The number of halogens is 1. The predicted octanol–water partition coefficient (Wildman–Crippen LogP) is 1.96. The number of benzene rings is 1. The van der Waals surface area contributed by atoms with Gasteiger partial charge in [-0.2, -0.15) is 0 Å². The third-order valence-corrected chi connectivity index (χ3v) is 3.31. The van der Waals surface area contributed by atoms with E-state index < -0.39 is 6.23 Å². The molecule has 102 valence electrons. The van der Waals surface area contributed by atoms with E-state index >= 15 is 0 Å². The van der Waals surface area contributed by atoms with Gasteiger partial charge in [-0.05, 0) is 33.2 Å². The molecule has 1 atom stereocenters. The molecule has 2 rings (SSSR count). The van der Waals surface area contributed by atoms with Gasteiger partial charge in [-0.3, -0.25) is 4.90 Å². The van der Waals surface area contributed by atoms with E-state index in [0.29, 0.717) is 5.75 Å². The van der Waals surface area contributed by atoms with Crippen LogP contribution in [0.3, 0.4) is 0 Å². The van der Waals surface area contributed by atoms with Crippen LogP contribution in [0.2, 0.25) is 0 Å². The Morgan fingerprint density at radius 1 is 1.37 bits per heavy atom. The van der Waals surface area contributed by atoms with E-state index in [9.17, 15) is 5.11 Å². The van der Waals surface area contributed by atoms with Crippen molar-refractivity contribution >= 4 is 26.8 Å². The van der Waals surface area contributed by atoms with Crippen LogP contribution in [0.15, 0.2) is 22.9 Å². The van der Waals surface area contributed by atoms with E-state index in [1.54, 1.807) is 19.0 Å². The Labute approximate surface area is 120 Å². The molecule has 0 saturated heterocycles. The lowest BCUT2D eigenvalue weighted by atomic mass is 10.2. The van der Waals surface area contributed by atoms with Crippen LogP contribution in [-0.4, -0.2) is 46.9 Å². The first-order valence-electron chi connectivity index (χ1n) is 5.87. The fourth-order valence-corrected chi connectivity index (χ4v) is 2.09. The highest BCUT2D eigenvalue weighted by Gasteiger charge is 2.12. The number of hydrogen-bond acceptors (Lipinski definition) is 5. The molecule has 1 unspecified atom stereocenters. The molecule has 0 bridgehead atoms. The van der Waals surface area contributed by atoms with Crippen molar-refractivity contribution in [3.05, 3.63) is 28.6 Å². The Morgan fingerprint density at radius 2 is 2.11 bits per heavy atom. The summed E-state index contributed by atoms with van der Waals surface area (Å²) in [5.41, 5.74) is 1.64. The molecule has 0 spiro atoms. The van der Waals surface area contributed by atoms with Crippen LogP contribution in [0.5, 0.6) is 5.75 Å². The third kappa shape index (κ3) is 3.20. The molecule has 1 aromatic carbocycles. The predicted molar refractivity (Wildman–Crippen MR) is 77.2 cm³/mol. The van der Waals surface area contributed by atoms with Gasteiger partial charge in [0.2, 0.25) is 0 Å². The number of likely N-dealkylation sites (N-methyl/N-ethyl adjacent to an activating group) is 1. The minimum Gasteiger partial charge on any atom is -0.487 e. The van der Waals surface area contributed by atoms with Gasteiger partial charge in [-0.15, -0.1) is 0 Å². The van der Waals surface area contributed by atoms with Crippen LogP contribution >= 0.6 is 15.9 Å². The minimum absolute atomic E-state index is 0.182. The van der Waals surface area contributed by atoms with Gasteiger partial charge in [0.25, 0.3) is 0 Å². The average molecular weight is 326 g/mol. The van der Waals surface area contributed by atoms with Gasteiger partial charge < -0.3 is 9.84 Å². The van der Waals surface area contributed by atoms with Crippen molar-refractivity contribution in [3.63, 3.8) is 0 Å².